The first-order valence-corrected chi connectivity index (χ1v) is 10.6. The number of carbonyl (C=O) groups excluding carboxylic acids is 1. The van der Waals surface area contributed by atoms with Crippen LogP contribution in [-0.2, 0) is 22.5 Å². The van der Waals surface area contributed by atoms with Crippen molar-refractivity contribution in [3.8, 4) is 0 Å². The zero-order valence-electron chi connectivity index (χ0n) is 16.3. The minimum absolute atomic E-state index is 0.0290. The van der Waals surface area contributed by atoms with Gasteiger partial charge < -0.3 is 14.6 Å². The van der Waals surface area contributed by atoms with Crippen LogP contribution in [0.1, 0.15) is 50.9 Å². The molecule has 7 heteroatoms. The molecule has 1 amide bonds. The van der Waals surface area contributed by atoms with Crippen molar-refractivity contribution >= 4 is 23.4 Å². The van der Waals surface area contributed by atoms with Gasteiger partial charge in [-0.05, 0) is 30.9 Å². The molecule has 1 aromatic carbocycles. The lowest BCUT2D eigenvalue weighted by atomic mass is 10.1. The number of amides is 1. The number of anilines is 1. The van der Waals surface area contributed by atoms with Crippen molar-refractivity contribution in [3.05, 3.63) is 35.7 Å². The fourth-order valence-electron chi connectivity index (χ4n) is 3.26. The summed E-state index contributed by atoms with van der Waals surface area (Å²) in [5, 5.41) is 12.5. The minimum atomic E-state index is -0.0290. The van der Waals surface area contributed by atoms with E-state index in [-0.39, 0.29) is 17.9 Å². The Morgan fingerprint density at radius 1 is 1.37 bits per heavy atom. The second-order valence-corrected chi connectivity index (χ2v) is 8.03. The van der Waals surface area contributed by atoms with Crippen molar-refractivity contribution < 1.29 is 9.53 Å². The lowest BCUT2D eigenvalue weighted by molar-refractivity contribution is -0.113. The maximum atomic E-state index is 12.4. The number of thioether (sulfide) groups is 1. The SMILES string of the molecule is CCc1ccccc1NC(=O)CSc1nnc(C(C)C)n1CC1CCCO1. The minimum Gasteiger partial charge on any atom is -0.376 e. The van der Waals surface area contributed by atoms with E-state index in [1.165, 1.54) is 11.8 Å². The molecule has 1 aromatic heterocycles. The molecule has 2 aromatic rings. The summed E-state index contributed by atoms with van der Waals surface area (Å²) in [6.45, 7) is 7.88. The Morgan fingerprint density at radius 2 is 2.19 bits per heavy atom. The van der Waals surface area contributed by atoms with E-state index in [1.54, 1.807) is 0 Å². The zero-order chi connectivity index (χ0) is 19.2. The van der Waals surface area contributed by atoms with Gasteiger partial charge in [0.25, 0.3) is 0 Å². The van der Waals surface area contributed by atoms with Crippen molar-refractivity contribution in [1.29, 1.82) is 0 Å². The predicted octanol–water partition coefficient (Wildman–Crippen LogP) is 3.87. The maximum Gasteiger partial charge on any atom is 0.234 e. The highest BCUT2D eigenvalue weighted by Gasteiger charge is 2.22. The highest BCUT2D eigenvalue weighted by atomic mass is 32.2. The third-order valence-electron chi connectivity index (χ3n) is 4.68. The summed E-state index contributed by atoms with van der Waals surface area (Å²) < 4.78 is 7.90. The molecule has 1 saturated heterocycles. The highest BCUT2D eigenvalue weighted by molar-refractivity contribution is 7.99. The third kappa shape index (κ3) is 5.11. The van der Waals surface area contributed by atoms with Gasteiger partial charge in [0.05, 0.1) is 18.4 Å². The van der Waals surface area contributed by atoms with Gasteiger partial charge in [0, 0.05) is 18.2 Å². The molecule has 0 spiro atoms. The van der Waals surface area contributed by atoms with Crippen molar-refractivity contribution in [2.45, 2.75) is 63.8 Å². The summed E-state index contributed by atoms with van der Waals surface area (Å²) >= 11 is 1.43. The number of benzene rings is 1. The fraction of sp³-hybridized carbons (Fsp3) is 0.550. The first-order chi connectivity index (χ1) is 13.1. The van der Waals surface area contributed by atoms with Gasteiger partial charge in [-0.1, -0.05) is 50.7 Å². The van der Waals surface area contributed by atoms with E-state index in [0.717, 1.165) is 54.6 Å². The number of aryl methyl sites for hydroxylation is 1. The Labute approximate surface area is 165 Å². The van der Waals surface area contributed by atoms with Crippen LogP contribution < -0.4 is 5.32 Å². The molecule has 0 saturated carbocycles. The average Bonchev–Trinajstić information content (AvgIpc) is 3.31. The normalized spacial score (nSPS) is 16.8. The molecule has 2 heterocycles. The molecule has 1 N–H and O–H groups in total. The molecule has 0 aliphatic carbocycles. The Kier molecular flexibility index (Phi) is 6.90. The van der Waals surface area contributed by atoms with Crippen molar-refractivity contribution in [3.63, 3.8) is 0 Å². The van der Waals surface area contributed by atoms with Crippen molar-refractivity contribution in [2.24, 2.45) is 0 Å². The number of carbonyl (C=O) groups is 1. The molecule has 1 aliphatic heterocycles. The maximum absolute atomic E-state index is 12.4. The Hall–Kier alpha value is -1.86. The number of nitrogens with one attached hydrogen (secondary N) is 1. The molecule has 3 rings (SSSR count). The van der Waals surface area contributed by atoms with Crippen LogP contribution in [0.25, 0.3) is 0 Å². The lowest BCUT2D eigenvalue weighted by Crippen LogP contribution is -2.19. The van der Waals surface area contributed by atoms with Gasteiger partial charge in [-0.25, -0.2) is 0 Å². The number of rotatable bonds is 8. The van der Waals surface area contributed by atoms with Gasteiger partial charge >= 0.3 is 0 Å². The molecule has 0 bridgehead atoms. The lowest BCUT2D eigenvalue weighted by Gasteiger charge is -2.16. The first-order valence-electron chi connectivity index (χ1n) is 9.63. The number of aromatic nitrogens is 3. The van der Waals surface area contributed by atoms with Crippen LogP contribution >= 0.6 is 11.8 Å². The van der Waals surface area contributed by atoms with Gasteiger partial charge in [-0.15, -0.1) is 10.2 Å². The fourth-order valence-corrected chi connectivity index (χ4v) is 4.02. The summed E-state index contributed by atoms with van der Waals surface area (Å²) in [6, 6.07) is 7.91. The number of nitrogens with zero attached hydrogens (tertiary/aromatic N) is 3. The number of ether oxygens (including phenoxy) is 1. The molecule has 146 valence electrons. The monoisotopic (exact) mass is 388 g/mol. The van der Waals surface area contributed by atoms with Gasteiger partial charge in [0.1, 0.15) is 5.82 Å². The molecular weight excluding hydrogens is 360 g/mol. The largest absolute Gasteiger partial charge is 0.376 e. The standard InChI is InChI=1S/C20H28N4O2S/c1-4-15-8-5-6-10-17(15)21-18(25)13-27-20-23-22-19(14(2)3)24(20)12-16-9-7-11-26-16/h5-6,8,10,14,16H,4,7,9,11-13H2,1-3H3,(H,21,25). The predicted molar refractivity (Wildman–Crippen MR) is 108 cm³/mol. The van der Waals surface area contributed by atoms with Crippen LogP contribution in [0.4, 0.5) is 5.69 Å². The van der Waals surface area contributed by atoms with Crippen LogP contribution in [0.2, 0.25) is 0 Å². The Balaban J connectivity index is 1.65. The summed E-state index contributed by atoms with van der Waals surface area (Å²) in [7, 11) is 0. The Bertz CT molecular complexity index is 769. The second-order valence-electron chi connectivity index (χ2n) is 7.09. The molecular formula is C20H28N4O2S. The van der Waals surface area contributed by atoms with Gasteiger partial charge in [0.15, 0.2) is 5.16 Å². The molecule has 1 aliphatic rings. The molecule has 27 heavy (non-hydrogen) atoms. The highest BCUT2D eigenvalue weighted by Crippen LogP contribution is 2.25. The Morgan fingerprint density at radius 3 is 2.89 bits per heavy atom. The van der Waals surface area contributed by atoms with E-state index in [2.05, 4.69) is 40.9 Å². The van der Waals surface area contributed by atoms with E-state index in [9.17, 15) is 4.79 Å². The molecule has 6 nitrogen and oxygen atoms in total. The summed E-state index contributed by atoms with van der Waals surface area (Å²) in [6.07, 6.45) is 3.26. The number of hydrogen-bond donors (Lipinski definition) is 1. The van der Waals surface area contributed by atoms with Crippen LogP contribution in [0, 0.1) is 0 Å². The van der Waals surface area contributed by atoms with Gasteiger partial charge in [-0.2, -0.15) is 0 Å². The van der Waals surface area contributed by atoms with E-state index in [4.69, 9.17) is 4.74 Å². The summed E-state index contributed by atoms with van der Waals surface area (Å²) in [5.74, 6) is 1.50. The van der Waals surface area contributed by atoms with E-state index < -0.39 is 0 Å². The molecule has 1 fully saturated rings. The molecule has 1 unspecified atom stereocenters. The van der Waals surface area contributed by atoms with E-state index >= 15 is 0 Å². The summed E-state index contributed by atoms with van der Waals surface area (Å²) in [4.78, 5) is 12.4. The van der Waals surface area contributed by atoms with Crippen molar-refractivity contribution in [2.75, 3.05) is 17.7 Å². The van der Waals surface area contributed by atoms with Crippen LogP contribution in [0.5, 0.6) is 0 Å². The zero-order valence-corrected chi connectivity index (χ0v) is 17.1. The quantitative estimate of drug-likeness (QED) is 0.695. The smallest absolute Gasteiger partial charge is 0.234 e. The summed E-state index contributed by atoms with van der Waals surface area (Å²) in [5.41, 5.74) is 2.02. The van der Waals surface area contributed by atoms with Gasteiger partial charge in [0.2, 0.25) is 5.91 Å². The topological polar surface area (TPSA) is 69.0 Å². The van der Waals surface area contributed by atoms with E-state index in [1.807, 2.05) is 24.3 Å². The van der Waals surface area contributed by atoms with Crippen LogP contribution in [-0.4, -0.2) is 39.1 Å². The second kappa shape index (κ2) is 9.37. The van der Waals surface area contributed by atoms with Crippen molar-refractivity contribution in [1.82, 2.24) is 14.8 Å². The third-order valence-corrected chi connectivity index (χ3v) is 5.64. The van der Waals surface area contributed by atoms with Crippen LogP contribution in [0.3, 0.4) is 0 Å². The number of para-hydroxylation sites is 1. The first kappa shape index (κ1) is 19.9. The molecule has 0 radical (unpaired) electrons. The van der Waals surface area contributed by atoms with E-state index in [0.29, 0.717) is 5.75 Å². The number of hydrogen-bond acceptors (Lipinski definition) is 5. The average molecular weight is 389 g/mol. The van der Waals surface area contributed by atoms with Crippen LogP contribution in [0.15, 0.2) is 29.4 Å². The molecule has 1 atom stereocenters. The van der Waals surface area contributed by atoms with Gasteiger partial charge in [-0.3, -0.25) is 4.79 Å².